The van der Waals surface area contributed by atoms with Crippen molar-refractivity contribution in [3.05, 3.63) is 35.4 Å². The first-order chi connectivity index (χ1) is 8.88. The molecule has 1 saturated carbocycles. The number of carboxylic acids is 1. The second-order valence-electron chi connectivity index (χ2n) is 6.77. The van der Waals surface area contributed by atoms with Crippen molar-refractivity contribution in [2.75, 3.05) is 0 Å². The lowest BCUT2D eigenvalue weighted by molar-refractivity contribution is -0.138. The Bertz CT molecular complexity index is 435. The molecule has 0 radical (unpaired) electrons. The fourth-order valence-corrected chi connectivity index (χ4v) is 2.82. The number of rotatable bonds is 4. The van der Waals surface area contributed by atoms with Crippen molar-refractivity contribution < 1.29 is 9.90 Å². The summed E-state index contributed by atoms with van der Waals surface area (Å²) < 4.78 is 0. The van der Waals surface area contributed by atoms with Gasteiger partial charge in [0.05, 0.1) is 6.42 Å². The lowest BCUT2D eigenvalue weighted by atomic mass is 9.71. The zero-order chi connectivity index (χ0) is 14.0. The van der Waals surface area contributed by atoms with Crippen molar-refractivity contribution in [1.29, 1.82) is 0 Å². The average Bonchev–Trinajstić information content (AvgIpc) is 2.24. The van der Waals surface area contributed by atoms with Crippen LogP contribution in [0.25, 0.3) is 0 Å². The fourth-order valence-electron chi connectivity index (χ4n) is 2.82. The molecule has 1 aromatic rings. The molecule has 19 heavy (non-hydrogen) atoms. The van der Waals surface area contributed by atoms with Gasteiger partial charge >= 0.3 is 5.97 Å². The van der Waals surface area contributed by atoms with E-state index in [4.69, 9.17) is 5.11 Å². The Hall–Kier alpha value is -1.31. The Morgan fingerprint density at radius 3 is 2.21 bits per heavy atom. The van der Waals surface area contributed by atoms with Gasteiger partial charge in [-0.15, -0.1) is 0 Å². The fraction of sp³-hybridized carbons (Fsp3) is 0.588. The molecule has 1 unspecified atom stereocenters. The smallest absolute Gasteiger partial charge is 0.303 e. The maximum atomic E-state index is 11.1. The normalized spacial score (nSPS) is 17.8. The topological polar surface area (TPSA) is 37.3 Å². The van der Waals surface area contributed by atoms with Gasteiger partial charge in [0.25, 0.3) is 0 Å². The highest BCUT2D eigenvalue weighted by molar-refractivity contribution is 5.68. The molecule has 2 rings (SSSR count). The molecule has 1 N–H and O–H groups in total. The molecule has 0 aliphatic heterocycles. The highest BCUT2D eigenvalue weighted by Crippen LogP contribution is 2.41. The summed E-state index contributed by atoms with van der Waals surface area (Å²) >= 11 is 0. The molecule has 104 valence electrons. The van der Waals surface area contributed by atoms with Crippen LogP contribution in [0.5, 0.6) is 0 Å². The summed E-state index contributed by atoms with van der Waals surface area (Å²) in [4.78, 5) is 11.1. The SMILES string of the molecule is CC(C)(C)c1ccc(C(CC(=O)O)C2CCC2)cc1. The Balaban J connectivity index is 2.19. The van der Waals surface area contributed by atoms with Gasteiger partial charge in [0.2, 0.25) is 0 Å². The molecular weight excluding hydrogens is 236 g/mol. The van der Waals surface area contributed by atoms with E-state index in [1.807, 2.05) is 0 Å². The Morgan fingerprint density at radius 1 is 1.26 bits per heavy atom. The second-order valence-corrected chi connectivity index (χ2v) is 6.77. The van der Waals surface area contributed by atoms with Crippen LogP contribution in [0.2, 0.25) is 0 Å². The van der Waals surface area contributed by atoms with E-state index in [0.717, 1.165) is 0 Å². The minimum Gasteiger partial charge on any atom is -0.481 e. The molecule has 0 heterocycles. The second kappa shape index (κ2) is 5.36. The van der Waals surface area contributed by atoms with Gasteiger partial charge < -0.3 is 5.11 Å². The van der Waals surface area contributed by atoms with E-state index in [1.54, 1.807) is 0 Å². The van der Waals surface area contributed by atoms with Gasteiger partial charge in [0, 0.05) is 0 Å². The quantitative estimate of drug-likeness (QED) is 0.874. The third-order valence-electron chi connectivity index (χ3n) is 4.32. The largest absolute Gasteiger partial charge is 0.481 e. The van der Waals surface area contributed by atoms with Crippen LogP contribution in [-0.4, -0.2) is 11.1 Å². The van der Waals surface area contributed by atoms with Crippen LogP contribution < -0.4 is 0 Å². The van der Waals surface area contributed by atoms with Gasteiger partial charge in [0.1, 0.15) is 0 Å². The molecule has 0 bridgehead atoms. The summed E-state index contributed by atoms with van der Waals surface area (Å²) in [5.74, 6) is 0.0775. The summed E-state index contributed by atoms with van der Waals surface area (Å²) in [6, 6.07) is 8.57. The van der Waals surface area contributed by atoms with Crippen LogP contribution in [0.4, 0.5) is 0 Å². The monoisotopic (exact) mass is 260 g/mol. The molecule has 0 spiro atoms. The Labute approximate surface area is 115 Å². The standard InChI is InChI=1S/C17H24O2/c1-17(2,3)14-9-7-13(8-10-14)15(11-16(18)19)12-5-4-6-12/h7-10,12,15H,4-6,11H2,1-3H3,(H,18,19). The first-order valence-corrected chi connectivity index (χ1v) is 7.20. The van der Waals surface area contributed by atoms with E-state index in [9.17, 15) is 4.79 Å². The number of carbonyl (C=O) groups is 1. The molecule has 2 heteroatoms. The molecule has 2 nitrogen and oxygen atoms in total. The maximum Gasteiger partial charge on any atom is 0.303 e. The number of aliphatic carboxylic acids is 1. The molecule has 0 amide bonds. The van der Waals surface area contributed by atoms with Crippen LogP contribution in [0.3, 0.4) is 0 Å². The summed E-state index contributed by atoms with van der Waals surface area (Å²) in [5, 5.41) is 9.10. The average molecular weight is 260 g/mol. The van der Waals surface area contributed by atoms with Gasteiger partial charge in [-0.3, -0.25) is 4.79 Å². The summed E-state index contributed by atoms with van der Waals surface area (Å²) in [6.07, 6.45) is 3.87. The van der Waals surface area contributed by atoms with Gasteiger partial charge in [-0.1, -0.05) is 51.5 Å². The van der Waals surface area contributed by atoms with E-state index in [0.29, 0.717) is 5.92 Å². The summed E-state index contributed by atoms with van der Waals surface area (Å²) in [7, 11) is 0. The molecule has 1 aromatic carbocycles. The first kappa shape index (κ1) is 14.1. The Morgan fingerprint density at radius 2 is 1.84 bits per heavy atom. The van der Waals surface area contributed by atoms with Gasteiger partial charge in [-0.2, -0.15) is 0 Å². The molecule has 1 atom stereocenters. The van der Waals surface area contributed by atoms with E-state index >= 15 is 0 Å². The molecule has 0 aromatic heterocycles. The van der Waals surface area contributed by atoms with Crippen molar-refractivity contribution >= 4 is 5.97 Å². The van der Waals surface area contributed by atoms with Crippen LogP contribution in [0.1, 0.15) is 63.5 Å². The lowest BCUT2D eigenvalue weighted by Crippen LogP contribution is -2.23. The van der Waals surface area contributed by atoms with Crippen molar-refractivity contribution in [2.24, 2.45) is 5.92 Å². The van der Waals surface area contributed by atoms with Crippen LogP contribution in [0.15, 0.2) is 24.3 Å². The third-order valence-corrected chi connectivity index (χ3v) is 4.32. The van der Waals surface area contributed by atoms with Crippen molar-refractivity contribution in [2.45, 2.75) is 57.8 Å². The maximum absolute atomic E-state index is 11.1. The molecular formula is C17H24O2. The number of hydrogen-bond donors (Lipinski definition) is 1. The minimum atomic E-state index is -0.684. The summed E-state index contributed by atoms with van der Waals surface area (Å²) in [5.41, 5.74) is 2.65. The van der Waals surface area contributed by atoms with Crippen LogP contribution in [-0.2, 0) is 10.2 Å². The van der Waals surface area contributed by atoms with E-state index < -0.39 is 5.97 Å². The predicted octanol–water partition coefficient (Wildman–Crippen LogP) is 4.34. The predicted molar refractivity (Wildman–Crippen MR) is 77.5 cm³/mol. The van der Waals surface area contributed by atoms with Crippen molar-refractivity contribution in [1.82, 2.24) is 0 Å². The number of hydrogen-bond acceptors (Lipinski definition) is 1. The highest BCUT2D eigenvalue weighted by Gasteiger charge is 2.30. The van der Waals surface area contributed by atoms with Crippen molar-refractivity contribution in [3.8, 4) is 0 Å². The zero-order valence-electron chi connectivity index (χ0n) is 12.1. The number of benzene rings is 1. The van der Waals surface area contributed by atoms with Crippen LogP contribution >= 0.6 is 0 Å². The third kappa shape index (κ3) is 3.37. The minimum absolute atomic E-state index is 0.150. The zero-order valence-corrected chi connectivity index (χ0v) is 12.1. The highest BCUT2D eigenvalue weighted by atomic mass is 16.4. The van der Waals surface area contributed by atoms with Gasteiger partial charge in [-0.25, -0.2) is 0 Å². The molecule has 1 aliphatic carbocycles. The molecule has 1 fully saturated rings. The molecule has 0 saturated heterocycles. The van der Waals surface area contributed by atoms with Gasteiger partial charge in [0.15, 0.2) is 0 Å². The van der Waals surface area contributed by atoms with E-state index in [1.165, 1.54) is 30.4 Å². The summed E-state index contributed by atoms with van der Waals surface area (Å²) in [6.45, 7) is 6.59. The lowest BCUT2D eigenvalue weighted by Gasteiger charge is -2.33. The first-order valence-electron chi connectivity index (χ1n) is 7.20. The van der Waals surface area contributed by atoms with E-state index in [2.05, 4.69) is 45.0 Å². The Kier molecular flexibility index (Phi) is 3.98. The van der Waals surface area contributed by atoms with Crippen molar-refractivity contribution in [3.63, 3.8) is 0 Å². The van der Waals surface area contributed by atoms with Gasteiger partial charge in [-0.05, 0) is 41.2 Å². The van der Waals surface area contributed by atoms with Crippen LogP contribution in [0, 0.1) is 5.92 Å². The molecule has 1 aliphatic rings. The van der Waals surface area contributed by atoms with E-state index in [-0.39, 0.29) is 17.8 Å². The number of carboxylic acid groups (broad SMARTS) is 1.